The third-order valence-corrected chi connectivity index (χ3v) is 3.12. The number of nitrogens with zero attached hydrogens (tertiary/aromatic N) is 2. The topological polar surface area (TPSA) is 85.4 Å². The summed E-state index contributed by atoms with van der Waals surface area (Å²) in [6, 6.07) is 8.90. The summed E-state index contributed by atoms with van der Waals surface area (Å²) in [4.78, 5) is 21.0. The van der Waals surface area contributed by atoms with E-state index in [4.69, 9.17) is 9.47 Å². The van der Waals surface area contributed by atoms with Gasteiger partial charge in [0.1, 0.15) is 23.1 Å². The number of aryl methyl sites for hydroxylation is 1. The lowest BCUT2D eigenvalue weighted by molar-refractivity contribution is 0.102. The minimum absolute atomic E-state index is 0.286. The Hall–Kier alpha value is -2.67. The first-order valence-corrected chi connectivity index (χ1v) is 7.75. The molecule has 128 valence electrons. The minimum Gasteiger partial charge on any atom is -0.492 e. The van der Waals surface area contributed by atoms with Gasteiger partial charge < -0.3 is 20.1 Å². The number of rotatable bonds is 8. The maximum atomic E-state index is 12.5. The lowest BCUT2D eigenvalue weighted by atomic mass is 10.2. The first kappa shape index (κ1) is 17.7. The van der Waals surface area contributed by atoms with Gasteiger partial charge in [0.2, 0.25) is 0 Å². The summed E-state index contributed by atoms with van der Waals surface area (Å²) in [5.41, 5.74) is 0.892. The number of carbonyl (C=O) groups is 1. The molecule has 1 amide bonds. The van der Waals surface area contributed by atoms with Gasteiger partial charge in [-0.2, -0.15) is 0 Å². The molecule has 2 aromatic rings. The zero-order valence-corrected chi connectivity index (χ0v) is 14.1. The van der Waals surface area contributed by atoms with Gasteiger partial charge in [-0.05, 0) is 26.0 Å². The SMILES string of the molecule is CCOc1ccccc1NC(=O)c1cc(NCCOC)nc(C)n1. The van der Waals surface area contributed by atoms with Gasteiger partial charge in [-0.3, -0.25) is 4.79 Å². The van der Waals surface area contributed by atoms with E-state index in [0.717, 1.165) is 0 Å². The van der Waals surface area contributed by atoms with Crippen molar-refractivity contribution >= 4 is 17.4 Å². The lowest BCUT2D eigenvalue weighted by Crippen LogP contribution is -2.17. The van der Waals surface area contributed by atoms with Crippen LogP contribution < -0.4 is 15.4 Å². The first-order valence-electron chi connectivity index (χ1n) is 7.75. The van der Waals surface area contributed by atoms with E-state index in [0.29, 0.717) is 42.8 Å². The largest absolute Gasteiger partial charge is 0.492 e. The molecule has 0 fully saturated rings. The van der Waals surface area contributed by atoms with E-state index in [2.05, 4.69) is 20.6 Å². The number of ether oxygens (including phenoxy) is 2. The molecule has 7 heteroatoms. The third kappa shape index (κ3) is 4.92. The molecular formula is C17H22N4O3. The number of amides is 1. The van der Waals surface area contributed by atoms with Gasteiger partial charge in [0.15, 0.2) is 0 Å². The number of aromatic nitrogens is 2. The van der Waals surface area contributed by atoms with Crippen LogP contribution in [0.25, 0.3) is 0 Å². The predicted molar refractivity (Wildman–Crippen MR) is 92.7 cm³/mol. The summed E-state index contributed by atoms with van der Waals surface area (Å²) in [6.07, 6.45) is 0. The van der Waals surface area contributed by atoms with Crippen LogP contribution in [0.15, 0.2) is 30.3 Å². The zero-order chi connectivity index (χ0) is 17.4. The Balaban J connectivity index is 2.15. The van der Waals surface area contributed by atoms with Crippen LogP contribution in [0, 0.1) is 6.92 Å². The highest BCUT2D eigenvalue weighted by Gasteiger charge is 2.13. The highest BCUT2D eigenvalue weighted by Crippen LogP contribution is 2.24. The summed E-state index contributed by atoms with van der Waals surface area (Å²) in [6.45, 7) is 5.30. The van der Waals surface area contributed by atoms with Gasteiger partial charge in [0.25, 0.3) is 5.91 Å². The number of para-hydroxylation sites is 2. The molecule has 2 rings (SSSR count). The van der Waals surface area contributed by atoms with Crippen LogP contribution in [-0.2, 0) is 4.74 Å². The van der Waals surface area contributed by atoms with Gasteiger partial charge in [-0.1, -0.05) is 12.1 Å². The van der Waals surface area contributed by atoms with Crippen LogP contribution in [0.5, 0.6) is 5.75 Å². The van der Waals surface area contributed by atoms with Crippen molar-refractivity contribution in [2.75, 3.05) is 37.5 Å². The molecule has 0 radical (unpaired) electrons. The Bertz CT molecular complexity index is 691. The Kier molecular flexibility index (Phi) is 6.51. The molecule has 1 heterocycles. The first-order chi connectivity index (χ1) is 11.6. The summed E-state index contributed by atoms with van der Waals surface area (Å²) in [5.74, 6) is 1.41. The molecule has 7 nitrogen and oxygen atoms in total. The number of benzene rings is 1. The van der Waals surface area contributed by atoms with Crippen LogP contribution in [0.4, 0.5) is 11.5 Å². The van der Waals surface area contributed by atoms with E-state index >= 15 is 0 Å². The molecule has 0 saturated heterocycles. The van der Waals surface area contributed by atoms with Crippen LogP contribution in [0.2, 0.25) is 0 Å². The van der Waals surface area contributed by atoms with Crippen molar-refractivity contribution in [3.63, 3.8) is 0 Å². The van der Waals surface area contributed by atoms with Crippen LogP contribution >= 0.6 is 0 Å². The lowest BCUT2D eigenvalue weighted by Gasteiger charge is -2.12. The van der Waals surface area contributed by atoms with E-state index in [9.17, 15) is 4.79 Å². The van der Waals surface area contributed by atoms with Gasteiger partial charge in [0.05, 0.1) is 18.9 Å². The van der Waals surface area contributed by atoms with Crippen molar-refractivity contribution in [1.29, 1.82) is 0 Å². The van der Waals surface area contributed by atoms with Crippen LogP contribution in [0.3, 0.4) is 0 Å². The standard InChI is InChI=1S/C17H22N4O3/c1-4-24-15-8-6-5-7-13(15)21-17(22)14-11-16(18-9-10-23-3)20-12(2)19-14/h5-8,11H,4,9-10H2,1-3H3,(H,21,22)(H,18,19,20). The number of carbonyl (C=O) groups excluding carboxylic acids is 1. The zero-order valence-electron chi connectivity index (χ0n) is 14.1. The average molecular weight is 330 g/mol. The number of hydrogen-bond donors (Lipinski definition) is 2. The number of methoxy groups -OCH3 is 1. The van der Waals surface area contributed by atoms with Crippen molar-refractivity contribution in [3.05, 3.63) is 41.9 Å². The molecule has 0 aliphatic heterocycles. The molecule has 0 spiro atoms. The van der Waals surface area contributed by atoms with E-state index in [1.807, 2.05) is 25.1 Å². The molecule has 0 atom stereocenters. The van der Waals surface area contributed by atoms with E-state index in [1.54, 1.807) is 26.2 Å². The smallest absolute Gasteiger partial charge is 0.274 e. The summed E-state index contributed by atoms with van der Waals surface area (Å²) < 4.78 is 10.5. The maximum absolute atomic E-state index is 12.5. The van der Waals surface area contributed by atoms with Gasteiger partial charge in [-0.15, -0.1) is 0 Å². The van der Waals surface area contributed by atoms with Crippen molar-refractivity contribution in [1.82, 2.24) is 9.97 Å². The fourth-order valence-electron chi connectivity index (χ4n) is 2.09. The second-order valence-electron chi connectivity index (χ2n) is 4.99. The molecule has 2 N–H and O–H groups in total. The molecule has 0 bridgehead atoms. The van der Waals surface area contributed by atoms with Crippen LogP contribution in [0.1, 0.15) is 23.2 Å². The van der Waals surface area contributed by atoms with Crippen molar-refractivity contribution in [2.24, 2.45) is 0 Å². The second kappa shape index (κ2) is 8.83. The molecule has 24 heavy (non-hydrogen) atoms. The highest BCUT2D eigenvalue weighted by molar-refractivity contribution is 6.04. The Morgan fingerprint density at radius 3 is 2.79 bits per heavy atom. The van der Waals surface area contributed by atoms with E-state index < -0.39 is 0 Å². The fourth-order valence-corrected chi connectivity index (χ4v) is 2.09. The number of nitrogens with one attached hydrogen (secondary N) is 2. The molecule has 0 saturated carbocycles. The van der Waals surface area contributed by atoms with Crippen LogP contribution in [-0.4, -0.2) is 42.7 Å². The second-order valence-corrected chi connectivity index (χ2v) is 4.99. The summed E-state index contributed by atoms with van der Waals surface area (Å²) in [5, 5.41) is 5.92. The monoisotopic (exact) mass is 330 g/mol. The normalized spacial score (nSPS) is 10.3. The van der Waals surface area contributed by atoms with Crippen molar-refractivity contribution in [3.8, 4) is 5.75 Å². The molecule has 1 aromatic carbocycles. The van der Waals surface area contributed by atoms with Gasteiger partial charge in [-0.25, -0.2) is 9.97 Å². The third-order valence-electron chi connectivity index (χ3n) is 3.12. The predicted octanol–water partition coefficient (Wildman–Crippen LogP) is 2.49. The quantitative estimate of drug-likeness (QED) is 0.723. The molecule has 0 unspecified atom stereocenters. The number of anilines is 2. The van der Waals surface area contributed by atoms with Gasteiger partial charge >= 0.3 is 0 Å². The Morgan fingerprint density at radius 2 is 2.04 bits per heavy atom. The molecular weight excluding hydrogens is 308 g/mol. The van der Waals surface area contributed by atoms with Gasteiger partial charge in [0, 0.05) is 19.7 Å². The maximum Gasteiger partial charge on any atom is 0.274 e. The van der Waals surface area contributed by atoms with Crippen molar-refractivity contribution < 1.29 is 14.3 Å². The number of hydrogen-bond acceptors (Lipinski definition) is 6. The molecule has 0 aliphatic carbocycles. The Labute approximate surface area is 141 Å². The van der Waals surface area contributed by atoms with Crippen molar-refractivity contribution in [2.45, 2.75) is 13.8 Å². The molecule has 0 aliphatic rings. The highest BCUT2D eigenvalue weighted by atomic mass is 16.5. The summed E-state index contributed by atoms with van der Waals surface area (Å²) in [7, 11) is 1.63. The molecule has 1 aromatic heterocycles. The Morgan fingerprint density at radius 1 is 1.25 bits per heavy atom. The van der Waals surface area contributed by atoms with E-state index in [-0.39, 0.29) is 11.6 Å². The van der Waals surface area contributed by atoms with E-state index in [1.165, 1.54) is 0 Å². The average Bonchev–Trinajstić information content (AvgIpc) is 2.56. The fraction of sp³-hybridized carbons (Fsp3) is 0.353. The minimum atomic E-state index is -0.317. The summed E-state index contributed by atoms with van der Waals surface area (Å²) >= 11 is 0.